The van der Waals surface area contributed by atoms with Crippen molar-refractivity contribution in [1.29, 1.82) is 0 Å². The molecule has 0 aromatic carbocycles. The molecule has 0 bridgehead atoms. The summed E-state index contributed by atoms with van der Waals surface area (Å²) < 4.78 is 5.91. The van der Waals surface area contributed by atoms with Gasteiger partial charge in [-0.2, -0.15) is 0 Å². The highest BCUT2D eigenvalue weighted by atomic mass is 16.5. The zero-order chi connectivity index (χ0) is 36.0. The van der Waals surface area contributed by atoms with E-state index in [1.165, 1.54) is 109 Å². The third-order valence-electron chi connectivity index (χ3n) is 9.25. The Labute approximate surface area is 302 Å². The summed E-state index contributed by atoms with van der Waals surface area (Å²) in [6.45, 7) is 4.91. The van der Waals surface area contributed by atoms with E-state index in [0.29, 0.717) is 38.6 Å². The zero-order valence-electron chi connectivity index (χ0n) is 32.0. The molecule has 2 unspecified atom stereocenters. The molecular weight excluding hydrogens is 612 g/mol. The van der Waals surface area contributed by atoms with Gasteiger partial charge in [0.15, 0.2) is 0 Å². The Morgan fingerprint density at radius 3 is 1.67 bits per heavy atom. The molecule has 0 radical (unpaired) electrons. The van der Waals surface area contributed by atoms with Crippen LogP contribution in [0, 0.1) is 0 Å². The summed E-state index contributed by atoms with van der Waals surface area (Å²) in [4.78, 5) is 36.3. The molecule has 0 aromatic rings. The van der Waals surface area contributed by atoms with E-state index in [0.717, 1.165) is 51.4 Å². The summed E-state index contributed by atoms with van der Waals surface area (Å²) in [6.07, 6.45) is 40.9. The predicted molar refractivity (Wildman–Crippen MR) is 207 cm³/mol. The van der Waals surface area contributed by atoms with Crippen molar-refractivity contribution in [2.75, 3.05) is 6.54 Å². The molecule has 0 rings (SSSR count). The van der Waals surface area contributed by atoms with E-state index in [-0.39, 0.29) is 18.0 Å². The Hall–Kier alpha value is -2.15. The number of carboxylic acids is 1. The first-order valence-electron chi connectivity index (χ1n) is 20.7. The third kappa shape index (κ3) is 34.1. The van der Waals surface area contributed by atoms with Crippen LogP contribution >= 0.6 is 0 Å². The van der Waals surface area contributed by atoms with Crippen LogP contribution in [0.3, 0.4) is 0 Å². The predicted octanol–water partition coefficient (Wildman–Crippen LogP) is 11.3. The van der Waals surface area contributed by atoms with E-state index in [2.05, 4.69) is 37.4 Å². The van der Waals surface area contributed by atoms with Gasteiger partial charge < -0.3 is 20.9 Å². The third-order valence-corrected chi connectivity index (χ3v) is 9.25. The molecule has 0 fully saturated rings. The number of aliphatic carboxylic acids is 1. The van der Waals surface area contributed by atoms with Crippen molar-refractivity contribution in [2.45, 2.75) is 219 Å². The molecule has 2 atom stereocenters. The Bertz CT molecular complexity index is 828. The summed E-state index contributed by atoms with van der Waals surface area (Å²) in [5, 5.41) is 11.9. The van der Waals surface area contributed by atoms with Gasteiger partial charge in [-0.15, -0.1) is 0 Å². The van der Waals surface area contributed by atoms with E-state index in [1.54, 1.807) is 0 Å². The SMILES string of the molecule is CCCCCC/C=C\C/C=C\C(CCCCCCC(=O)NC(CCCN)C(=O)O)OC(=O)CCCCCCCCCCCCCCCCC. The van der Waals surface area contributed by atoms with E-state index in [9.17, 15) is 19.5 Å². The number of allylic oxidation sites excluding steroid dienone is 3. The first kappa shape index (κ1) is 46.9. The van der Waals surface area contributed by atoms with Gasteiger partial charge in [-0.05, 0) is 70.4 Å². The minimum atomic E-state index is -1.02. The maximum absolute atomic E-state index is 12.7. The molecule has 4 N–H and O–H groups in total. The Kier molecular flexibility index (Phi) is 35.5. The van der Waals surface area contributed by atoms with Crippen molar-refractivity contribution in [3.05, 3.63) is 24.3 Å². The van der Waals surface area contributed by atoms with Crippen LogP contribution in [0.25, 0.3) is 0 Å². The number of nitrogens with one attached hydrogen (secondary N) is 1. The fraction of sp³-hybridized carbons (Fsp3) is 0.833. The Balaban J connectivity index is 4.32. The largest absolute Gasteiger partial charge is 0.480 e. The van der Waals surface area contributed by atoms with Crippen LogP contribution in [0.5, 0.6) is 0 Å². The molecular formula is C42H78N2O5. The van der Waals surface area contributed by atoms with Crippen molar-refractivity contribution in [2.24, 2.45) is 5.73 Å². The van der Waals surface area contributed by atoms with Gasteiger partial charge in [0.1, 0.15) is 12.1 Å². The second-order valence-electron chi connectivity index (χ2n) is 14.1. The van der Waals surface area contributed by atoms with Gasteiger partial charge in [0.25, 0.3) is 0 Å². The van der Waals surface area contributed by atoms with Gasteiger partial charge >= 0.3 is 11.9 Å². The molecule has 0 aliphatic rings. The van der Waals surface area contributed by atoms with Gasteiger partial charge in [0.2, 0.25) is 5.91 Å². The van der Waals surface area contributed by atoms with E-state index >= 15 is 0 Å². The fourth-order valence-corrected chi connectivity index (χ4v) is 6.11. The van der Waals surface area contributed by atoms with Gasteiger partial charge in [0.05, 0.1) is 0 Å². The molecule has 0 aliphatic heterocycles. The minimum absolute atomic E-state index is 0.102. The van der Waals surface area contributed by atoms with Crippen LogP contribution in [-0.2, 0) is 19.1 Å². The number of unbranched alkanes of at least 4 members (excludes halogenated alkanes) is 21. The molecule has 7 nitrogen and oxygen atoms in total. The highest BCUT2D eigenvalue weighted by Gasteiger charge is 2.19. The van der Waals surface area contributed by atoms with Crippen LogP contribution in [0.2, 0.25) is 0 Å². The van der Waals surface area contributed by atoms with Crippen molar-refractivity contribution in [3.8, 4) is 0 Å². The van der Waals surface area contributed by atoms with Gasteiger partial charge in [-0.3, -0.25) is 9.59 Å². The molecule has 0 aliphatic carbocycles. The van der Waals surface area contributed by atoms with Gasteiger partial charge in [0, 0.05) is 12.8 Å². The van der Waals surface area contributed by atoms with E-state index in [1.807, 2.05) is 6.08 Å². The van der Waals surface area contributed by atoms with Crippen LogP contribution in [0.15, 0.2) is 24.3 Å². The van der Waals surface area contributed by atoms with Gasteiger partial charge in [-0.25, -0.2) is 4.79 Å². The smallest absolute Gasteiger partial charge is 0.326 e. The fourth-order valence-electron chi connectivity index (χ4n) is 6.11. The molecule has 286 valence electrons. The highest BCUT2D eigenvalue weighted by Crippen LogP contribution is 2.16. The number of hydrogen-bond acceptors (Lipinski definition) is 5. The first-order valence-corrected chi connectivity index (χ1v) is 20.7. The molecule has 0 heterocycles. The second-order valence-corrected chi connectivity index (χ2v) is 14.1. The van der Waals surface area contributed by atoms with Gasteiger partial charge in [-0.1, -0.05) is 154 Å². The Morgan fingerprint density at radius 2 is 1.12 bits per heavy atom. The molecule has 7 heteroatoms. The summed E-state index contributed by atoms with van der Waals surface area (Å²) in [5.74, 6) is -1.34. The average Bonchev–Trinajstić information content (AvgIpc) is 3.08. The number of carbonyl (C=O) groups is 3. The van der Waals surface area contributed by atoms with Crippen molar-refractivity contribution in [3.63, 3.8) is 0 Å². The lowest BCUT2D eigenvalue weighted by Gasteiger charge is -2.15. The summed E-state index contributed by atoms with van der Waals surface area (Å²) in [6, 6.07) is -0.872. The molecule has 0 saturated heterocycles. The number of amides is 1. The minimum Gasteiger partial charge on any atom is -0.480 e. The lowest BCUT2D eigenvalue weighted by atomic mass is 10.0. The molecule has 0 spiro atoms. The lowest BCUT2D eigenvalue weighted by molar-refractivity contribution is -0.147. The van der Waals surface area contributed by atoms with Crippen LogP contribution in [0.1, 0.15) is 206 Å². The standard InChI is InChI=1S/C42H78N2O5/c1-3-5-7-9-11-13-14-15-16-17-18-20-22-24-30-36-41(46)49-38(32-27-23-21-19-12-10-8-6-4-2)33-28-25-26-29-35-40(45)44-39(42(47)48)34-31-37-43/h19,21,27,32,38-39H,3-18,20,22-26,28-31,33-37,43H2,1-2H3,(H,44,45)(H,47,48)/b21-19-,32-27-. The number of hydrogen-bond donors (Lipinski definition) is 3. The summed E-state index contributed by atoms with van der Waals surface area (Å²) in [5.41, 5.74) is 5.48. The number of carboxylic acid groups (broad SMARTS) is 1. The molecule has 49 heavy (non-hydrogen) atoms. The lowest BCUT2D eigenvalue weighted by Crippen LogP contribution is -2.40. The normalized spacial score (nSPS) is 12.9. The zero-order valence-corrected chi connectivity index (χ0v) is 32.0. The number of ether oxygens (including phenoxy) is 1. The second kappa shape index (κ2) is 37.1. The quantitative estimate of drug-likeness (QED) is 0.0339. The molecule has 0 aromatic heterocycles. The van der Waals surface area contributed by atoms with Crippen LogP contribution in [-0.4, -0.2) is 41.6 Å². The summed E-state index contributed by atoms with van der Waals surface area (Å²) >= 11 is 0. The number of carbonyl (C=O) groups excluding carboxylic acids is 2. The monoisotopic (exact) mass is 691 g/mol. The first-order chi connectivity index (χ1) is 23.9. The Morgan fingerprint density at radius 1 is 0.612 bits per heavy atom. The van der Waals surface area contributed by atoms with E-state index in [4.69, 9.17) is 10.5 Å². The molecule has 0 saturated carbocycles. The van der Waals surface area contributed by atoms with Crippen molar-refractivity contribution < 1.29 is 24.2 Å². The van der Waals surface area contributed by atoms with E-state index < -0.39 is 12.0 Å². The maximum atomic E-state index is 12.7. The number of esters is 1. The number of rotatable bonds is 37. The number of nitrogens with two attached hydrogens (primary N) is 1. The van der Waals surface area contributed by atoms with Crippen molar-refractivity contribution in [1.82, 2.24) is 5.32 Å². The molecule has 1 amide bonds. The average molecular weight is 691 g/mol. The maximum Gasteiger partial charge on any atom is 0.326 e. The van der Waals surface area contributed by atoms with Crippen molar-refractivity contribution >= 4 is 17.8 Å². The highest BCUT2D eigenvalue weighted by molar-refractivity contribution is 5.83. The summed E-state index contributed by atoms with van der Waals surface area (Å²) in [7, 11) is 0. The van der Waals surface area contributed by atoms with Crippen LogP contribution in [0.4, 0.5) is 0 Å². The van der Waals surface area contributed by atoms with Crippen LogP contribution < -0.4 is 11.1 Å². The topological polar surface area (TPSA) is 119 Å².